The highest BCUT2D eigenvalue weighted by molar-refractivity contribution is 4.90. The van der Waals surface area contributed by atoms with Crippen molar-refractivity contribution in [2.24, 2.45) is 0 Å². The van der Waals surface area contributed by atoms with E-state index in [4.69, 9.17) is 14.6 Å². The van der Waals surface area contributed by atoms with E-state index in [0.29, 0.717) is 0 Å². The lowest BCUT2D eigenvalue weighted by Crippen LogP contribution is -2.40. The fraction of sp³-hybridized carbons (Fsp3) is 0.920. The molecule has 5 nitrogen and oxygen atoms in total. The Morgan fingerprint density at radius 2 is 1.37 bits per heavy atom. The zero-order valence-electron chi connectivity index (χ0n) is 19.4. The van der Waals surface area contributed by atoms with E-state index in [2.05, 4.69) is 6.92 Å². The van der Waals surface area contributed by atoms with Crippen LogP contribution in [0.25, 0.3) is 0 Å². The van der Waals surface area contributed by atoms with Gasteiger partial charge in [0, 0.05) is 0 Å². The van der Waals surface area contributed by atoms with Gasteiger partial charge in [-0.3, -0.25) is 0 Å². The summed E-state index contributed by atoms with van der Waals surface area (Å²) in [4.78, 5) is 0. The summed E-state index contributed by atoms with van der Waals surface area (Å²) < 4.78 is 10.8. The molecule has 5 heteroatoms. The minimum atomic E-state index is -1.07. The summed E-state index contributed by atoms with van der Waals surface area (Å²) in [7, 11) is 0. The molecule has 1 rings (SSSR count). The fourth-order valence-electron chi connectivity index (χ4n) is 4.04. The van der Waals surface area contributed by atoms with E-state index in [1.54, 1.807) is 6.26 Å². The molecule has 1 aliphatic rings. The van der Waals surface area contributed by atoms with Crippen LogP contribution in [0.5, 0.6) is 0 Å². The summed E-state index contributed by atoms with van der Waals surface area (Å²) in [6, 6.07) is 0. The Morgan fingerprint density at radius 1 is 0.867 bits per heavy atom. The van der Waals surface area contributed by atoms with Gasteiger partial charge in [-0.05, 0) is 18.9 Å². The van der Waals surface area contributed by atoms with E-state index in [1.807, 2.05) is 6.08 Å². The Balaban J connectivity index is 1.82. The molecule has 0 radical (unpaired) electrons. The van der Waals surface area contributed by atoms with Crippen molar-refractivity contribution in [2.45, 2.75) is 134 Å². The minimum Gasteiger partial charge on any atom is -0.493 e. The van der Waals surface area contributed by atoms with E-state index in [0.717, 1.165) is 12.8 Å². The molecule has 1 heterocycles. The molecule has 0 aliphatic carbocycles. The summed E-state index contributed by atoms with van der Waals surface area (Å²) in [5.41, 5.74) is 0. The second kappa shape index (κ2) is 19.1. The van der Waals surface area contributed by atoms with Crippen LogP contribution in [0.4, 0.5) is 0 Å². The second-order valence-corrected chi connectivity index (χ2v) is 8.82. The van der Waals surface area contributed by atoms with Crippen LogP contribution in [0.15, 0.2) is 12.3 Å². The average molecular weight is 429 g/mol. The molecule has 30 heavy (non-hydrogen) atoms. The normalized spacial score (nSPS) is 22.7. The van der Waals surface area contributed by atoms with Crippen molar-refractivity contribution in [1.82, 2.24) is 0 Å². The smallest absolute Gasteiger partial charge is 0.149 e. The largest absolute Gasteiger partial charge is 0.493 e. The molecule has 0 aromatic carbocycles. The molecule has 3 N–H and O–H groups in total. The van der Waals surface area contributed by atoms with E-state index in [1.165, 1.54) is 89.9 Å². The SMILES string of the molecule is CCCCCCCCCCCCCCCCC/C=C/O[C@H]1CO[C@H]([C@H](O)CO)[C@@H]1O. The zero-order valence-corrected chi connectivity index (χ0v) is 19.4. The second-order valence-electron chi connectivity index (χ2n) is 8.82. The molecule has 0 aromatic rings. The number of unbranched alkanes of at least 4 members (excludes halogenated alkanes) is 15. The van der Waals surface area contributed by atoms with Crippen LogP contribution in [-0.4, -0.2) is 52.9 Å². The zero-order chi connectivity index (χ0) is 21.9. The summed E-state index contributed by atoms with van der Waals surface area (Å²) >= 11 is 0. The molecule has 0 bridgehead atoms. The van der Waals surface area contributed by atoms with Crippen molar-refractivity contribution in [3.63, 3.8) is 0 Å². The highest BCUT2D eigenvalue weighted by Gasteiger charge is 2.40. The molecule has 1 aliphatic heterocycles. The third-order valence-electron chi connectivity index (χ3n) is 6.06. The lowest BCUT2D eigenvalue weighted by molar-refractivity contribution is -0.0689. The highest BCUT2D eigenvalue weighted by Crippen LogP contribution is 2.20. The Morgan fingerprint density at radius 3 is 1.87 bits per heavy atom. The van der Waals surface area contributed by atoms with Gasteiger partial charge in [0.1, 0.15) is 24.4 Å². The summed E-state index contributed by atoms with van der Waals surface area (Å²) in [6.07, 6.45) is 21.9. The number of hydrogen-bond donors (Lipinski definition) is 3. The van der Waals surface area contributed by atoms with Crippen LogP contribution in [0.3, 0.4) is 0 Å². The first-order valence-electron chi connectivity index (χ1n) is 12.6. The first kappa shape index (κ1) is 27.4. The highest BCUT2D eigenvalue weighted by atomic mass is 16.6. The quantitative estimate of drug-likeness (QED) is 0.182. The van der Waals surface area contributed by atoms with Crippen molar-refractivity contribution in [1.29, 1.82) is 0 Å². The van der Waals surface area contributed by atoms with Gasteiger partial charge in [-0.25, -0.2) is 0 Å². The van der Waals surface area contributed by atoms with E-state index in [-0.39, 0.29) is 6.61 Å². The molecule has 1 fully saturated rings. The van der Waals surface area contributed by atoms with Gasteiger partial charge >= 0.3 is 0 Å². The van der Waals surface area contributed by atoms with Crippen molar-refractivity contribution in [3.8, 4) is 0 Å². The number of aliphatic hydroxyl groups is 3. The molecule has 1 saturated heterocycles. The number of aliphatic hydroxyl groups excluding tert-OH is 3. The lowest BCUT2D eigenvalue weighted by Gasteiger charge is -2.20. The Hall–Kier alpha value is -0.620. The molecule has 178 valence electrons. The molecule has 0 amide bonds. The van der Waals surface area contributed by atoms with Crippen molar-refractivity contribution < 1.29 is 24.8 Å². The van der Waals surface area contributed by atoms with Crippen LogP contribution in [0, 0.1) is 0 Å². The summed E-state index contributed by atoms with van der Waals surface area (Å²) in [5, 5.41) is 28.5. The number of rotatable bonds is 20. The predicted octanol–water partition coefficient (Wildman–Crippen LogP) is 5.26. The van der Waals surface area contributed by atoms with Gasteiger partial charge in [-0.1, -0.05) is 96.8 Å². The van der Waals surface area contributed by atoms with Gasteiger partial charge in [0.05, 0.1) is 19.5 Å². The third kappa shape index (κ3) is 12.9. The molecule has 0 saturated carbocycles. The summed E-state index contributed by atoms with van der Waals surface area (Å²) in [6.45, 7) is 2.08. The van der Waals surface area contributed by atoms with Crippen LogP contribution < -0.4 is 0 Å². The molecule has 0 unspecified atom stereocenters. The Kier molecular flexibility index (Phi) is 17.4. The topological polar surface area (TPSA) is 79.2 Å². The van der Waals surface area contributed by atoms with Crippen molar-refractivity contribution in [3.05, 3.63) is 12.3 Å². The van der Waals surface area contributed by atoms with Gasteiger partial charge in [-0.2, -0.15) is 0 Å². The van der Waals surface area contributed by atoms with Crippen LogP contribution in [0.2, 0.25) is 0 Å². The van der Waals surface area contributed by atoms with E-state index < -0.39 is 31.0 Å². The first-order valence-corrected chi connectivity index (χ1v) is 12.6. The molecule has 0 spiro atoms. The number of ether oxygens (including phenoxy) is 2. The monoisotopic (exact) mass is 428 g/mol. The number of allylic oxidation sites excluding steroid dienone is 1. The van der Waals surface area contributed by atoms with Crippen LogP contribution in [-0.2, 0) is 9.47 Å². The Labute approximate surface area is 184 Å². The maximum Gasteiger partial charge on any atom is 0.149 e. The first-order chi connectivity index (χ1) is 14.7. The molecular formula is C25H48O5. The van der Waals surface area contributed by atoms with Crippen LogP contribution in [0.1, 0.15) is 110 Å². The van der Waals surface area contributed by atoms with Crippen molar-refractivity contribution in [2.75, 3.05) is 13.2 Å². The van der Waals surface area contributed by atoms with E-state index >= 15 is 0 Å². The van der Waals surface area contributed by atoms with Gasteiger partial charge in [-0.15, -0.1) is 0 Å². The standard InChI is InChI=1S/C25H48O5/c1-2-3-4-5-6-7-8-9-10-11-12-13-14-15-16-17-18-19-29-23-21-30-25(24(23)28)22(27)20-26/h18-19,22-28H,2-17,20-21H2,1H3/b19-18+/t22-,23+,24-,25-/m1/s1. The molecule has 0 aromatic heterocycles. The average Bonchev–Trinajstić information content (AvgIpc) is 3.12. The maximum atomic E-state index is 10.0. The lowest BCUT2D eigenvalue weighted by atomic mass is 10.0. The van der Waals surface area contributed by atoms with E-state index in [9.17, 15) is 10.2 Å². The van der Waals surface area contributed by atoms with Gasteiger partial charge in [0.25, 0.3) is 0 Å². The van der Waals surface area contributed by atoms with Gasteiger partial charge < -0.3 is 24.8 Å². The Bertz CT molecular complexity index is 401. The summed E-state index contributed by atoms with van der Waals surface area (Å²) in [5.74, 6) is 0. The number of hydrogen-bond acceptors (Lipinski definition) is 5. The third-order valence-corrected chi connectivity index (χ3v) is 6.06. The van der Waals surface area contributed by atoms with Crippen LogP contribution >= 0.6 is 0 Å². The fourth-order valence-corrected chi connectivity index (χ4v) is 4.04. The maximum absolute atomic E-state index is 10.0. The van der Waals surface area contributed by atoms with Crippen molar-refractivity contribution >= 4 is 0 Å². The van der Waals surface area contributed by atoms with Gasteiger partial charge in [0.2, 0.25) is 0 Å². The molecular weight excluding hydrogens is 380 g/mol. The van der Waals surface area contributed by atoms with Gasteiger partial charge in [0.15, 0.2) is 0 Å². The molecule has 4 atom stereocenters. The predicted molar refractivity (Wildman–Crippen MR) is 122 cm³/mol. The minimum absolute atomic E-state index is 0.228.